The summed E-state index contributed by atoms with van der Waals surface area (Å²) in [5, 5.41) is 3.06. The number of anilines is 1. The van der Waals surface area contributed by atoms with Crippen molar-refractivity contribution in [2.75, 3.05) is 25.1 Å². The maximum Gasteiger partial charge on any atom is 0.221 e. The number of nitrogens with one attached hydrogen (secondary N) is 1. The maximum absolute atomic E-state index is 13.4. The quantitative estimate of drug-likeness (QED) is 0.732. The highest BCUT2D eigenvalue weighted by atomic mass is 32.2. The Morgan fingerprint density at radius 1 is 0.967 bits per heavy atom. The zero-order valence-corrected chi connectivity index (χ0v) is 18.5. The van der Waals surface area contributed by atoms with E-state index in [0.29, 0.717) is 18.9 Å². The maximum atomic E-state index is 13.4. The summed E-state index contributed by atoms with van der Waals surface area (Å²) >= 11 is 0. The second kappa shape index (κ2) is 9.50. The fraction of sp³-hybridized carbons (Fsp3) is 0.500. The monoisotopic (exact) mass is 428 g/mol. The van der Waals surface area contributed by atoms with E-state index in [4.69, 9.17) is 4.74 Å². The van der Waals surface area contributed by atoms with Gasteiger partial charge in [0.1, 0.15) is 5.25 Å². The zero-order valence-electron chi connectivity index (χ0n) is 17.7. The number of hydrogen-bond acceptors (Lipinski definition) is 4. The van der Waals surface area contributed by atoms with Crippen molar-refractivity contribution in [3.63, 3.8) is 0 Å². The first kappa shape index (κ1) is 21.3. The highest BCUT2D eigenvalue weighted by Gasteiger charge is 2.40. The predicted octanol–water partition coefficient (Wildman–Crippen LogP) is 4.58. The average Bonchev–Trinajstić information content (AvgIpc) is 2.77. The normalized spacial score (nSPS) is 25.1. The number of sulfonamides is 1. The van der Waals surface area contributed by atoms with Gasteiger partial charge in [-0.1, -0.05) is 42.5 Å². The minimum absolute atomic E-state index is 0.0151. The largest absolute Gasteiger partial charge is 0.385 e. The third-order valence-electron chi connectivity index (χ3n) is 6.42. The number of ether oxygens (including phenoxy) is 1. The number of benzene rings is 2. The molecule has 2 aliphatic rings. The van der Waals surface area contributed by atoms with E-state index < -0.39 is 15.3 Å². The number of rotatable bonds is 6. The van der Waals surface area contributed by atoms with Crippen LogP contribution in [0.25, 0.3) is 0 Å². The molecule has 2 aromatic carbocycles. The summed E-state index contributed by atoms with van der Waals surface area (Å²) < 4.78 is 33.9. The van der Waals surface area contributed by atoms with Crippen molar-refractivity contribution < 1.29 is 13.2 Å². The van der Waals surface area contributed by atoms with Crippen LogP contribution in [-0.2, 0) is 21.3 Å². The van der Waals surface area contributed by atoms with E-state index in [9.17, 15) is 8.42 Å². The fourth-order valence-corrected chi connectivity index (χ4v) is 6.67. The molecule has 2 aromatic rings. The van der Waals surface area contributed by atoms with Crippen LogP contribution >= 0.6 is 0 Å². The van der Waals surface area contributed by atoms with E-state index >= 15 is 0 Å². The molecule has 0 bridgehead atoms. The lowest BCUT2D eigenvalue weighted by molar-refractivity contribution is 0.0699. The van der Waals surface area contributed by atoms with E-state index in [1.165, 1.54) is 0 Å². The molecule has 0 aromatic heterocycles. The standard InChI is InChI=1S/C24H32N2O3S/c1-19-7-12-24(22-5-3-2-4-6-22)30(27,28)26(19)18-21-8-10-23(11-9-21)25-17-20-13-15-29-16-14-20/h2-6,8-11,19-20,24-25H,7,12-18H2,1H3/t19-,24?/m0/s1. The van der Waals surface area contributed by atoms with Gasteiger partial charge in [-0.25, -0.2) is 8.42 Å². The molecule has 4 rings (SSSR count). The van der Waals surface area contributed by atoms with Gasteiger partial charge in [0.2, 0.25) is 10.0 Å². The Bertz CT molecular complexity index is 909. The smallest absolute Gasteiger partial charge is 0.221 e. The van der Waals surface area contributed by atoms with Crippen molar-refractivity contribution in [1.29, 1.82) is 0 Å². The van der Waals surface area contributed by atoms with Gasteiger partial charge >= 0.3 is 0 Å². The molecule has 0 saturated carbocycles. The van der Waals surface area contributed by atoms with Crippen molar-refractivity contribution in [3.8, 4) is 0 Å². The van der Waals surface area contributed by atoms with Gasteiger partial charge in [-0.15, -0.1) is 0 Å². The summed E-state index contributed by atoms with van der Waals surface area (Å²) in [6.07, 6.45) is 3.78. The summed E-state index contributed by atoms with van der Waals surface area (Å²) in [5.41, 5.74) is 3.00. The van der Waals surface area contributed by atoms with Crippen molar-refractivity contribution in [2.45, 2.75) is 50.4 Å². The number of hydrogen-bond donors (Lipinski definition) is 1. The van der Waals surface area contributed by atoms with Crippen LogP contribution in [0.3, 0.4) is 0 Å². The Hall–Kier alpha value is -1.89. The Balaban J connectivity index is 1.42. The Morgan fingerprint density at radius 3 is 2.37 bits per heavy atom. The third-order valence-corrected chi connectivity index (χ3v) is 8.79. The van der Waals surface area contributed by atoms with Gasteiger partial charge in [0.25, 0.3) is 0 Å². The molecular weight excluding hydrogens is 396 g/mol. The average molecular weight is 429 g/mol. The first-order valence-electron chi connectivity index (χ1n) is 11.0. The molecule has 2 saturated heterocycles. The van der Waals surface area contributed by atoms with Gasteiger partial charge in [-0.05, 0) is 61.8 Å². The van der Waals surface area contributed by atoms with Gasteiger partial charge < -0.3 is 10.1 Å². The van der Waals surface area contributed by atoms with Crippen LogP contribution in [0.1, 0.15) is 49.0 Å². The summed E-state index contributed by atoms with van der Waals surface area (Å²) in [5.74, 6) is 0.660. The molecule has 1 unspecified atom stereocenters. The lowest BCUT2D eigenvalue weighted by Crippen LogP contribution is -2.44. The molecule has 30 heavy (non-hydrogen) atoms. The van der Waals surface area contributed by atoms with Gasteiger partial charge in [0, 0.05) is 38.0 Å². The molecule has 0 aliphatic carbocycles. The van der Waals surface area contributed by atoms with Gasteiger partial charge in [-0.2, -0.15) is 4.31 Å². The lowest BCUT2D eigenvalue weighted by atomic mass is 10.0. The first-order valence-corrected chi connectivity index (χ1v) is 12.5. The molecule has 0 spiro atoms. The molecule has 2 heterocycles. The van der Waals surface area contributed by atoms with E-state index in [2.05, 4.69) is 17.4 Å². The third kappa shape index (κ3) is 4.88. The van der Waals surface area contributed by atoms with E-state index in [1.807, 2.05) is 49.4 Å². The fourth-order valence-electron chi connectivity index (χ4n) is 4.47. The van der Waals surface area contributed by atoms with Crippen molar-refractivity contribution in [1.82, 2.24) is 4.31 Å². The van der Waals surface area contributed by atoms with Crippen LogP contribution in [0.5, 0.6) is 0 Å². The lowest BCUT2D eigenvalue weighted by Gasteiger charge is -2.37. The topological polar surface area (TPSA) is 58.6 Å². The van der Waals surface area contributed by atoms with Crippen LogP contribution in [0.15, 0.2) is 54.6 Å². The predicted molar refractivity (Wildman–Crippen MR) is 121 cm³/mol. The first-order chi connectivity index (χ1) is 14.5. The molecule has 2 aliphatic heterocycles. The SMILES string of the molecule is C[C@H]1CCC(c2ccccc2)S(=O)(=O)N1Cc1ccc(NCC2CCOCC2)cc1. The highest BCUT2D eigenvalue weighted by Crippen LogP contribution is 2.38. The van der Waals surface area contributed by atoms with Crippen LogP contribution in [0.2, 0.25) is 0 Å². The Kier molecular flexibility index (Phi) is 6.76. The second-order valence-electron chi connectivity index (χ2n) is 8.55. The molecular formula is C24H32N2O3S. The Labute approximate surface area is 180 Å². The van der Waals surface area contributed by atoms with Gasteiger partial charge in [0.15, 0.2) is 0 Å². The number of nitrogens with zero attached hydrogens (tertiary/aromatic N) is 1. The van der Waals surface area contributed by atoms with Gasteiger partial charge in [0.05, 0.1) is 0 Å². The molecule has 0 radical (unpaired) electrons. The molecule has 162 valence electrons. The molecule has 0 amide bonds. The van der Waals surface area contributed by atoms with Crippen LogP contribution in [0.4, 0.5) is 5.69 Å². The van der Waals surface area contributed by atoms with Crippen molar-refractivity contribution in [3.05, 3.63) is 65.7 Å². The summed E-state index contributed by atoms with van der Waals surface area (Å²) in [6, 6.07) is 17.8. The minimum Gasteiger partial charge on any atom is -0.385 e. The van der Waals surface area contributed by atoms with Crippen LogP contribution < -0.4 is 5.32 Å². The van der Waals surface area contributed by atoms with Gasteiger partial charge in [-0.3, -0.25) is 0 Å². The molecule has 2 atom stereocenters. The van der Waals surface area contributed by atoms with Crippen LogP contribution in [-0.4, -0.2) is 38.5 Å². The second-order valence-corrected chi connectivity index (χ2v) is 10.6. The Morgan fingerprint density at radius 2 is 1.67 bits per heavy atom. The van der Waals surface area contributed by atoms with E-state index in [1.54, 1.807) is 4.31 Å². The van der Waals surface area contributed by atoms with E-state index in [-0.39, 0.29) is 6.04 Å². The summed E-state index contributed by atoms with van der Waals surface area (Å²) in [4.78, 5) is 0. The molecule has 2 fully saturated rings. The van der Waals surface area contributed by atoms with Crippen molar-refractivity contribution >= 4 is 15.7 Å². The summed E-state index contributed by atoms with van der Waals surface area (Å²) in [6.45, 7) is 5.12. The highest BCUT2D eigenvalue weighted by molar-refractivity contribution is 7.89. The summed E-state index contributed by atoms with van der Waals surface area (Å²) in [7, 11) is -3.39. The van der Waals surface area contributed by atoms with Crippen LogP contribution in [0, 0.1) is 5.92 Å². The minimum atomic E-state index is -3.39. The van der Waals surface area contributed by atoms with E-state index in [0.717, 1.165) is 55.8 Å². The molecule has 1 N–H and O–H groups in total. The molecule has 6 heteroatoms. The zero-order chi connectivity index (χ0) is 21.0. The van der Waals surface area contributed by atoms with Crippen molar-refractivity contribution in [2.24, 2.45) is 5.92 Å². The molecule has 5 nitrogen and oxygen atoms in total.